The largest absolute Gasteiger partial charge is 0.421 e. The Labute approximate surface area is 165 Å². The second kappa shape index (κ2) is 8.48. The van der Waals surface area contributed by atoms with Gasteiger partial charge in [0.25, 0.3) is 0 Å². The molecule has 4 nitrogen and oxygen atoms in total. The Morgan fingerprint density at radius 2 is 1.75 bits per heavy atom. The van der Waals surface area contributed by atoms with Crippen molar-refractivity contribution in [1.29, 1.82) is 0 Å². The van der Waals surface area contributed by atoms with Crippen LogP contribution in [-0.2, 0) is 12.6 Å². The summed E-state index contributed by atoms with van der Waals surface area (Å²) >= 11 is 5.91. The van der Waals surface area contributed by atoms with Crippen LogP contribution in [0.3, 0.4) is 0 Å². The molecule has 0 saturated carbocycles. The lowest BCUT2D eigenvalue weighted by atomic mass is 10.1. The highest BCUT2D eigenvalue weighted by Crippen LogP contribution is 2.35. The molecule has 1 aromatic heterocycles. The summed E-state index contributed by atoms with van der Waals surface area (Å²) in [5, 5.41) is 6.01. The summed E-state index contributed by atoms with van der Waals surface area (Å²) in [7, 11) is 0. The zero-order chi connectivity index (χ0) is 20.1. The maximum absolute atomic E-state index is 13.3. The highest BCUT2D eigenvalue weighted by molar-refractivity contribution is 6.30. The van der Waals surface area contributed by atoms with Crippen molar-refractivity contribution in [3.63, 3.8) is 0 Å². The van der Waals surface area contributed by atoms with Gasteiger partial charge in [-0.25, -0.2) is 4.98 Å². The van der Waals surface area contributed by atoms with E-state index in [1.54, 1.807) is 18.2 Å². The first kappa shape index (κ1) is 19.9. The standard InChI is InChI=1S/C20H18ClF3N4/c1-2-4-13-7-9-15(10-8-13)27-19-25-12-17(20(22,23)24)18(28-19)26-16-6-3-5-14(21)11-16/h3,5-12H,2,4H2,1H3,(H2,25,26,27,28). The molecule has 0 unspecified atom stereocenters. The van der Waals surface area contributed by atoms with Gasteiger partial charge in [0.1, 0.15) is 11.4 Å². The zero-order valence-corrected chi connectivity index (χ0v) is 15.8. The molecule has 3 rings (SSSR count). The SMILES string of the molecule is CCCc1ccc(Nc2ncc(C(F)(F)F)c(Nc3cccc(Cl)c3)n2)cc1. The van der Waals surface area contributed by atoms with E-state index in [9.17, 15) is 13.2 Å². The molecule has 3 aromatic rings. The topological polar surface area (TPSA) is 49.8 Å². The Hall–Kier alpha value is -2.80. The van der Waals surface area contributed by atoms with Gasteiger partial charge in [0.15, 0.2) is 0 Å². The summed E-state index contributed by atoms with van der Waals surface area (Å²) in [6.07, 6.45) is -1.84. The number of anilines is 4. The molecule has 0 spiro atoms. The molecule has 0 atom stereocenters. The Morgan fingerprint density at radius 3 is 2.39 bits per heavy atom. The van der Waals surface area contributed by atoms with Crippen molar-refractivity contribution in [1.82, 2.24) is 9.97 Å². The molecule has 0 amide bonds. The molecule has 0 aliphatic rings. The lowest BCUT2D eigenvalue weighted by Crippen LogP contribution is -2.12. The van der Waals surface area contributed by atoms with Gasteiger partial charge in [0.2, 0.25) is 5.95 Å². The Kier molecular flexibility index (Phi) is 6.04. The first-order valence-electron chi connectivity index (χ1n) is 8.68. The van der Waals surface area contributed by atoms with Crippen LogP contribution in [0.25, 0.3) is 0 Å². The van der Waals surface area contributed by atoms with Crippen LogP contribution in [0.1, 0.15) is 24.5 Å². The third kappa shape index (κ3) is 5.13. The van der Waals surface area contributed by atoms with Crippen LogP contribution in [-0.4, -0.2) is 9.97 Å². The van der Waals surface area contributed by atoms with E-state index in [4.69, 9.17) is 11.6 Å². The minimum atomic E-state index is -4.60. The van der Waals surface area contributed by atoms with Crippen molar-refractivity contribution in [3.8, 4) is 0 Å². The number of benzene rings is 2. The number of aromatic nitrogens is 2. The van der Waals surface area contributed by atoms with E-state index in [1.165, 1.54) is 11.6 Å². The number of halogens is 4. The van der Waals surface area contributed by atoms with Gasteiger partial charge in [0.05, 0.1) is 0 Å². The molecule has 0 radical (unpaired) electrons. The van der Waals surface area contributed by atoms with Gasteiger partial charge >= 0.3 is 6.18 Å². The summed E-state index contributed by atoms with van der Waals surface area (Å²) in [5.74, 6) is -0.296. The van der Waals surface area contributed by atoms with Crippen molar-refractivity contribution in [3.05, 3.63) is 70.9 Å². The van der Waals surface area contributed by atoms with Gasteiger partial charge < -0.3 is 10.6 Å². The number of alkyl halides is 3. The van der Waals surface area contributed by atoms with E-state index in [0.29, 0.717) is 16.4 Å². The van der Waals surface area contributed by atoms with E-state index < -0.39 is 11.7 Å². The smallest absolute Gasteiger partial charge is 0.340 e. The second-order valence-corrected chi connectivity index (χ2v) is 6.60. The predicted molar refractivity (Wildman–Crippen MR) is 105 cm³/mol. The van der Waals surface area contributed by atoms with E-state index in [1.807, 2.05) is 24.3 Å². The highest BCUT2D eigenvalue weighted by Gasteiger charge is 2.35. The van der Waals surface area contributed by atoms with Gasteiger partial charge in [-0.1, -0.05) is 43.1 Å². The number of rotatable bonds is 6. The Balaban J connectivity index is 1.88. The van der Waals surface area contributed by atoms with E-state index in [0.717, 1.165) is 19.0 Å². The zero-order valence-electron chi connectivity index (χ0n) is 15.0. The Bertz CT molecular complexity index is 943. The lowest BCUT2D eigenvalue weighted by Gasteiger charge is -2.15. The van der Waals surface area contributed by atoms with Crippen LogP contribution in [0.4, 0.5) is 36.3 Å². The summed E-state index contributed by atoms with van der Waals surface area (Å²) in [5.41, 5.74) is 1.31. The minimum absolute atomic E-state index is 0.0563. The number of hydrogen-bond acceptors (Lipinski definition) is 4. The monoisotopic (exact) mass is 406 g/mol. The quantitative estimate of drug-likeness (QED) is 0.485. The maximum Gasteiger partial charge on any atom is 0.421 e. The number of nitrogens with zero attached hydrogens (tertiary/aromatic N) is 2. The molecular formula is C20H18ClF3N4. The summed E-state index contributed by atoms with van der Waals surface area (Å²) in [4.78, 5) is 7.83. The van der Waals surface area contributed by atoms with Gasteiger partial charge in [-0.15, -0.1) is 0 Å². The maximum atomic E-state index is 13.3. The average Bonchev–Trinajstić information content (AvgIpc) is 2.63. The molecule has 1 heterocycles. The van der Waals surface area contributed by atoms with Gasteiger partial charge in [-0.05, 0) is 42.3 Å². The molecule has 0 saturated heterocycles. The van der Waals surface area contributed by atoms with Crippen LogP contribution in [0, 0.1) is 0 Å². The average molecular weight is 407 g/mol. The highest BCUT2D eigenvalue weighted by atomic mass is 35.5. The first-order valence-corrected chi connectivity index (χ1v) is 9.05. The minimum Gasteiger partial charge on any atom is -0.340 e. The summed E-state index contributed by atoms with van der Waals surface area (Å²) in [6.45, 7) is 2.09. The fourth-order valence-corrected chi connectivity index (χ4v) is 2.81. The van der Waals surface area contributed by atoms with Crippen LogP contribution in [0.2, 0.25) is 5.02 Å². The van der Waals surface area contributed by atoms with E-state index in [2.05, 4.69) is 27.5 Å². The van der Waals surface area contributed by atoms with E-state index >= 15 is 0 Å². The fraction of sp³-hybridized carbons (Fsp3) is 0.200. The van der Waals surface area contributed by atoms with Crippen LogP contribution in [0.5, 0.6) is 0 Å². The second-order valence-electron chi connectivity index (χ2n) is 6.16. The molecule has 0 aliphatic heterocycles. The fourth-order valence-electron chi connectivity index (χ4n) is 2.62. The van der Waals surface area contributed by atoms with Gasteiger partial charge in [-0.2, -0.15) is 18.2 Å². The third-order valence-electron chi connectivity index (χ3n) is 3.93. The van der Waals surface area contributed by atoms with Crippen molar-refractivity contribution in [2.75, 3.05) is 10.6 Å². The van der Waals surface area contributed by atoms with Crippen molar-refractivity contribution in [2.45, 2.75) is 25.9 Å². The van der Waals surface area contributed by atoms with Gasteiger partial charge in [0, 0.05) is 22.6 Å². The molecule has 0 fully saturated rings. The number of nitrogens with one attached hydrogen (secondary N) is 2. The Morgan fingerprint density at radius 1 is 1.00 bits per heavy atom. The molecular weight excluding hydrogens is 389 g/mol. The molecule has 2 aromatic carbocycles. The number of aryl methyl sites for hydroxylation is 1. The molecule has 8 heteroatoms. The number of hydrogen-bond donors (Lipinski definition) is 2. The molecule has 28 heavy (non-hydrogen) atoms. The normalized spacial score (nSPS) is 11.3. The molecule has 0 aliphatic carbocycles. The van der Waals surface area contributed by atoms with Crippen LogP contribution < -0.4 is 10.6 Å². The van der Waals surface area contributed by atoms with Crippen molar-refractivity contribution >= 4 is 34.7 Å². The molecule has 146 valence electrons. The first-order chi connectivity index (χ1) is 13.3. The van der Waals surface area contributed by atoms with Gasteiger partial charge in [-0.3, -0.25) is 0 Å². The van der Waals surface area contributed by atoms with Crippen LogP contribution >= 0.6 is 11.6 Å². The third-order valence-corrected chi connectivity index (χ3v) is 4.17. The summed E-state index contributed by atoms with van der Waals surface area (Å²) < 4.78 is 40.0. The lowest BCUT2D eigenvalue weighted by molar-refractivity contribution is -0.137. The molecule has 2 N–H and O–H groups in total. The van der Waals surface area contributed by atoms with Crippen LogP contribution in [0.15, 0.2) is 54.7 Å². The van der Waals surface area contributed by atoms with E-state index in [-0.39, 0.29) is 11.8 Å². The molecule has 0 bridgehead atoms. The van der Waals surface area contributed by atoms with Crippen molar-refractivity contribution < 1.29 is 13.2 Å². The summed E-state index contributed by atoms with van der Waals surface area (Å²) in [6, 6.07) is 14.0. The van der Waals surface area contributed by atoms with Crippen molar-refractivity contribution in [2.24, 2.45) is 0 Å². The predicted octanol–water partition coefficient (Wildman–Crippen LogP) is 6.59.